The zero-order chi connectivity index (χ0) is 49.5. The van der Waals surface area contributed by atoms with Gasteiger partial charge in [-0.2, -0.15) is 39.5 Å². The molecule has 3 aromatic heterocycles. The summed E-state index contributed by atoms with van der Waals surface area (Å²) in [7, 11) is 7.94. The molecule has 0 saturated carbocycles. The molecule has 17 nitrogen and oxygen atoms in total. The lowest BCUT2D eigenvalue weighted by Gasteiger charge is -2.14. The number of anilines is 1. The quantitative estimate of drug-likeness (QED) is 0.115. The first-order valence-electron chi connectivity index (χ1n) is 18.3. The highest BCUT2D eigenvalue weighted by atomic mass is 19.4. The van der Waals surface area contributed by atoms with Gasteiger partial charge in [-0.1, -0.05) is 18.2 Å². The number of halogens is 9. The molecular weight excluding hydrogens is 901 g/mol. The number of aliphatic imine (C=N–C) groups is 2. The van der Waals surface area contributed by atoms with E-state index in [2.05, 4.69) is 9.98 Å². The number of nitrogens with two attached hydrogens (primary N) is 1. The van der Waals surface area contributed by atoms with Gasteiger partial charge in [-0.3, -0.25) is 28.9 Å². The molecule has 0 unspecified atom stereocenters. The van der Waals surface area contributed by atoms with Crippen molar-refractivity contribution in [1.82, 2.24) is 38.0 Å². The average Bonchev–Trinajstić information content (AvgIpc) is 3.20. The standard InChI is InChI=1S/C15H15F3N4O2.C14H13F3N4O2.C11H8F3N3O2/c1-20(2)9-19-12-8-13(23)21(3)14(24)22(12)11-6-4-5-10(7-11)15(16,17)18;1-20(2)8-18-11-7-12(22)19-13(23)21(11)10-5-3-4-9(6-10)14(15,16)17;12-11(13,14)6-2-1-3-7(4-6)17-8(15)5-9(18)16-10(17)19/h4-9H,1-3H3;3-8H,1-2H3,(H,19,22,23);1-5H,15H2,(H,16,18,19). The molecule has 0 amide bonds. The van der Waals surface area contributed by atoms with Crippen molar-refractivity contribution in [2.24, 2.45) is 17.0 Å². The van der Waals surface area contributed by atoms with Crippen molar-refractivity contribution in [2.75, 3.05) is 33.9 Å². The number of nitrogens with one attached hydrogen (secondary N) is 2. The van der Waals surface area contributed by atoms with Gasteiger partial charge in [-0.25, -0.2) is 38.1 Å². The van der Waals surface area contributed by atoms with E-state index in [0.29, 0.717) is 0 Å². The Morgan fingerprint density at radius 2 is 0.894 bits per heavy atom. The van der Waals surface area contributed by atoms with Crippen molar-refractivity contribution in [1.29, 1.82) is 0 Å². The van der Waals surface area contributed by atoms with E-state index in [1.807, 2.05) is 9.97 Å². The fourth-order valence-corrected chi connectivity index (χ4v) is 5.37. The molecule has 0 aliphatic heterocycles. The summed E-state index contributed by atoms with van der Waals surface area (Å²) in [6.45, 7) is 0. The zero-order valence-electron chi connectivity index (χ0n) is 34.8. The largest absolute Gasteiger partial charge is 0.416 e. The highest BCUT2D eigenvalue weighted by Gasteiger charge is 2.32. The predicted octanol–water partition coefficient (Wildman–Crippen LogP) is 4.67. The Morgan fingerprint density at radius 3 is 1.29 bits per heavy atom. The summed E-state index contributed by atoms with van der Waals surface area (Å²) in [6, 6.07) is 15.6. The maximum absolute atomic E-state index is 12.9. The van der Waals surface area contributed by atoms with E-state index in [-0.39, 0.29) is 34.5 Å². The summed E-state index contributed by atoms with van der Waals surface area (Å²) in [6.07, 6.45) is -10.9. The van der Waals surface area contributed by atoms with Crippen LogP contribution in [-0.4, -0.2) is 78.9 Å². The summed E-state index contributed by atoms with van der Waals surface area (Å²) in [5.41, 5.74) is -1.97. The second-order valence-corrected chi connectivity index (χ2v) is 13.9. The fourth-order valence-electron chi connectivity index (χ4n) is 5.37. The van der Waals surface area contributed by atoms with E-state index in [0.717, 1.165) is 78.9 Å². The maximum Gasteiger partial charge on any atom is 0.416 e. The monoisotopic (exact) mass is 937 g/mol. The molecular formula is C40H36F9N11O6. The van der Waals surface area contributed by atoms with Gasteiger partial charge < -0.3 is 15.5 Å². The minimum absolute atomic E-state index is 0.0312. The van der Waals surface area contributed by atoms with Gasteiger partial charge in [0, 0.05) is 53.4 Å². The number of nitrogens with zero attached hydrogens (tertiary/aromatic N) is 8. The second-order valence-electron chi connectivity index (χ2n) is 13.9. The lowest BCUT2D eigenvalue weighted by molar-refractivity contribution is -0.138. The van der Waals surface area contributed by atoms with E-state index in [9.17, 15) is 68.3 Å². The second kappa shape index (κ2) is 20.1. The molecule has 3 heterocycles. The van der Waals surface area contributed by atoms with Gasteiger partial charge in [-0.15, -0.1) is 0 Å². The number of nitrogen functional groups attached to an aromatic ring is 1. The Morgan fingerprint density at radius 1 is 0.530 bits per heavy atom. The summed E-state index contributed by atoms with van der Waals surface area (Å²) in [5.74, 6) is -0.379. The van der Waals surface area contributed by atoms with Crippen LogP contribution >= 0.6 is 0 Å². The first-order chi connectivity index (χ1) is 30.6. The van der Waals surface area contributed by atoms with Gasteiger partial charge in [0.25, 0.3) is 16.7 Å². The van der Waals surface area contributed by atoms with E-state index in [4.69, 9.17) is 5.73 Å². The zero-order valence-corrected chi connectivity index (χ0v) is 34.8. The summed E-state index contributed by atoms with van der Waals surface area (Å²) >= 11 is 0. The Bertz CT molecular complexity index is 3140. The van der Waals surface area contributed by atoms with Crippen molar-refractivity contribution in [2.45, 2.75) is 18.5 Å². The molecule has 6 rings (SSSR count). The number of aromatic amines is 2. The summed E-state index contributed by atoms with van der Waals surface area (Å²) in [5, 5.41) is 0. The Labute approximate surface area is 364 Å². The van der Waals surface area contributed by atoms with Gasteiger partial charge in [0.1, 0.15) is 17.5 Å². The number of rotatable bonds is 7. The van der Waals surface area contributed by atoms with Crippen LogP contribution in [0.3, 0.4) is 0 Å². The van der Waals surface area contributed by atoms with E-state index in [1.54, 1.807) is 38.0 Å². The normalized spacial score (nSPS) is 11.8. The molecule has 0 radical (unpaired) electrons. The van der Waals surface area contributed by atoms with Crippen LogP contribution in [0.5, 0.6) is 0 Å². The van der Waals surface area contributed by atoms with E-state index >= 15 is 0 Å². The van der Waals surface area contributed by atoms with E-state index < -0.39 is 69.0 Å². The molecule has 0 fully saturated rings. The van der Waals surface area contributed by atoms with E-state index in [1.165, 1.54) is 50.1 Å². The number of alkyl halides is 9. The Kier molecular flexibility index (Phi) is 15.4. The van der Waals surface area contributed by atoms with Gasteiger partial charge in [0.2, 0.25) is 0 Å². The van der Waals surface area contributed by atoms with Gasteiger partial charge >= 0.3 is 35.6 Å². The lowest BCUT2D eigenvalue weighted by atomic mass is 10.2. The SMILES string of the molecule is CN(C)C=Nc1cc(=O)[nH]c(=O)n1-c1cccc(C(F)(F)F)c1.CN(C)C=Nc1cc(=O)n(C)c(=O)n1-c1cccc(C(F)(F)F)c1.Nc1cc(=O)[nH]c(=O)n1-c1cccc(C(F)(F)F)c1. The van der Waals surface area contributed by atoms with Crippen molar-refractivity contribution >= 4 is 30.1 Å². The van der Waals surface area contributed by atoms with Gasteiger partial charge in [-0.05, 0) is 54.6 Å². The number of H-pyrrole nitrogens is 2. The predicted molar refractivity (Wildman–Crippen MR) is 226 cm³/mol. The molecule has 4 N–H and O–H groups in total. The van der Waals surface area contributed by atoms with Crippen LogP contribution in [-0.2, 0) is 25.6 Å². The highest BCUT2D eigenvalue weighted by molar-refractivity contribution is 5.61. The van der Waals surface area contributed by atoms with Crippen LogP contribution in [0.4, 0.5) is 57.0 Å². The van der Waals surface area contributed by atoms with Crippen LogP contribution < -0.4 is 39.5 Å². The highest BCUT2D eigenvalue weighted by Crippen LogP contribution is 2.32. The van der Waals surface area contributed by atoms with Gasteiger partial charge in [0.05, 0.1) is 46.4 Å². The van der Waals surface area contributed by atoms with Crippen LogP contribution in [0.15, 0.2) is 130 Å². The van der Waals surface area contributed by atoms with Crippen molar-refractivity contribution in [3.05, 3.63) is 170 Å². The molecule has 0 aliphatic rings. The lowest BCUT2D eigenvalue weighted by Crippen LogP contribution is -2.36. The van der Waals surface area contributed by atoms with Crippen LogP contribution in [0, 0.1) is 0 Å². The Balaban J connectivity index is 0.000000218. The molecule has 0 saturated heterocycles. The molecule has 0 spiro atoms. The smallest absolute Gasteiger partial charge is 0.385 e. The average molecular weight is 938 g/mol. The van der Waals surface area contributed by atoms with Crippen LogP contribution in [0.25, 0.3) is 17.1 Å². The Hall–Kier alpha value is -8.19. The van der Waals surface area contributed by atoms with Crippen molar-refractivity contribution in [3.8, 4) is 17.1 Å². The van der Waals surface area contributed by atoms with Crippen molar-refractivity contribution < 1.29 is 39.5 Å². The summed E-state index contributed by atoms with van der Waals surface area (Å²) < 4.78 is 118. The van der Waals surface area contributed by atoms with Gasteiger partial charge in [0.15, 0.2) is 0 Å². The molecule has 0 aliphatic carbocycles. The minimum Gasteiger partial charge on any atom is -0.385 e. The first-order valence-corrected chi connectivity index (χ1v) is 18.3. The number of hydrogen-bond donors (Lipinski definition) is 3. The molecule has 0 atom stereocenters. The topological polar surface area (TPSA) is 211 Å². The molecule has 3 aromatic carbocycles. The molecule has 6 aromatic rings. The minimum atomic E-state index is -4.55. The molecule has 66 heavy (non-hydrogen) atoms. The summed E-state index contributed by atoms with van der Waals surface area (Å²) in [4.78, 5) is 85.2. The van der Waals surface area contributed by atoms with Crippen molar-refractivity contribution in [3.63, 3.8) is 0 Å². The number of hydrogen-bond acceptors (Lipinski definition) is 9. The number of aromatic nitrogens is 6. The van der Waals surface area contributed by atoms with Crippen LogP contribution in [0.2, 0.25) is 0 Å². The van der Waals surface area contributed by atoms with Crippen LogP contribution in [0.1, 0.15) is 16.7 Å². The third kappa shape index (κ3) is 12.9. The maximum atomic E-state index is 12.9. The molecule has 0 bridgehead atoms. The molecule has 350 valence electrons. The fraction of sp³-hybridized carbons (Fsp3) is 0.200. The first kappa shape index (κ1) is 50.5. The third-order valence-corrected chi connectivity index (χ3v) is 8.32. The third-order valence-electron chi connectivity index (χ3n) is 8.32. The molecule has 26 heteroatoms. The number of benzene rings is 3.